The maximum Gasteiger partial charge on any atom is 0.148 e. The molecular formula is C9H22N2Si. The molecule has 0 spiro atoms. The molecule has 0 saturated heterocycles. The lowest BCUT2D eigenvalue weighted by Crippen LogP contribution is -2.48. The molecule has 0 fully saturated rings. The van der Waals surface area contributed by atoms with Crippen LogP contribution in [0.3, 0.4) is 0 Å². The van der Waals surface area contributed by atoms with Crippen molar-refractivity contribution in [1.29, 1.82) is 0 Å². The Kier molecular flexibility index (Phi) is 4.53. The van der Waals surface area contributed by atoms with Crippen LogP contribution < -0.4 is 0 Å². The van der Waals surface area contributed by atoms with Gasteiger partial charge in [0.25, 0.3) is 0 Å². The molecule has 0 saturated carbocycles. The van der Waals surface area contributed by atoms with Gasteiger partial charge in [-0.15, -0.1) is 0 Å². The fraction of sp³-hybridized carbons (Fsp3) is 0.889. The summed E-state index contributed by atoms with van der Waals surface area (Å²) in [6.07, 6.45) is 0. The molecular weight excluding hydrogens is 164 g/mol. The monoisotopic (exact) mass is 186 g/mol. The Morgan fingerprint density at radius 2 is 1.75 bits per heavy atom. The van der Waals surface area contributed by atoms with Crippen molar-refractivity contribution >= 4 is 14.1 Å². The van der Waals surface area contributed by atoms with Crippen molar-refractivity contribution in [2.45, 2.75) is 40.4 Å². The molecule has 0 atom stereocenters. The first-order valence-corrected chi connectivity index (χ1v) is 8.16. The van der Waals surface area contributed by atoms with Gasteiger partial charge < -0.3 is 4.57 Å². The zero-order chi connectivity index (χ0) is 9.78. The fourth-order valence-electron chi connectivity index (χ4n) is 1.50. The summed E-state index contributed by atoms with van der Waals surface area (Å²) in [5, 5.41) is 0. The van der Waals surface area contributed by atoms with Gasteiger partial charge in [0, 0.05) is 13.1 Å². The summed E-state index contributed by atoms with van der Waals surface area (Å²) in [6, 6.07) is 0. The van der Waals surface area contributed by atoms with Crippen LogP contribution >= 0.6 is 0 Å². The van der Waals surface area contributed by atoms with E-state index < -0.39 is 8.24 Å². The largest absolute Gasteiger partial charge is 0.388 e. The van der Waals surface area contributed by atoms with Gasteiger partial charge in [-0.25, -0.2) is 0 Å². The molecule has 0 aliphatic rings. The lowest BCUT2D eigenvalue weighted by molar-refractivity contribution is 0.639. The highest BCUT2D eigenvalue weighted by atomic mass is 28.3. The van der Waals surface area contributed by atoms with Gasteiger partial charge in [0.2, 0.25) is 0 Å². The van der Waals surface area contributed by atoms with E-state index in [0.717, 1.165) is 13.1 Å². The average molecular weight is 186 g/mol. The zero-order valence-electron chi connectivity index (χ0n) is 9.31. The first-order chi connectivity index (χ1) is 5.43. The van der Waals surface area contributed by atoms with Crippen molar-refractivity contribution in [3.8, 4) is 0 Å². The van der Waals surface area contributed by atoms with Crippen molar-refractivity contribution in [3.63, 3.8) is 0 Å². The Morgan fingerprint density at radius 1 is 1.25 bits per heavy atom. The van der Waals surface area contributed by atoms with Gasteiger partial charge in [-0.05, 0) is 20.8 Å². The summed E-state index contributed by atoms with van der Waals surface area (Å²) < 4.78 is 2.45. The average Bonchev–Trinajstić information content (AvgIpc) is 1.85. The molecule has 0 N–H and O–H groups in total. The van der Waals surface area contributed by atoms with E-state index in [9.17, 15) is 0 Å². The molecule has 0 aliphatic carbocycles. The topological polar surface area (TPSA) is 15.6 Å². The van der Waals surface area contributed by atoms with Crippen molar-refractivity contribution < 1.29 is 0 Å². The van der Waals surface area contributed by atoms with Gasteiger partial charge >= 0.3 is 0 Å². The molecule has 0 aromatic carbocycles. The molecule has 0 amide bonds. The van der Waals surface area contributed by atoms with E-state index in [1.165, 1.54) is 5.84 Å². The molecule has 12 heavy (non-hydrogen) atoms. The molecule has 0 heterocycles. The van der Waals surface area contributed by atoms with E-state index in [1.807, 2.05) is 0 Å². The summed E-state index contributed by atoms with van der Waals surface area (Å²) in [7, 11) is -1.18. The van der Waals surface area contributed by atoms with E-state index in [2.05, 4.69) is 50.0 Å². The highest BCUT2D eigenvalue weighted by Crippen LogP contribution is 2.09. The summed E-state index contributed by atoms with van der Waals surface area (Å²) in [6.45, 7) is 15.4. The molecule has 0 aliphatic heterocycles. The quantitative estimate of drug-likeness (QED) is 0.376. The molecule has 0 aromatic rings. The molecule has 3 heteroatoms. The van der Waals surface area contributed by atoms with Crippen LogP contribution in [0.2, 0.25) is 19.6 Å². The zero-order valence-corrected chi connectivity index (χ0v) is 10.3. The fourth-order valence-corrected chi connectivity index (χ4v) is 3.49. The summed E-state index contributed by atoms with van der Waals surface area (Å²) in [4.78, 5) is 4.44. The van der Waals surface area contributed by atoms with Gasteiger partial charge in [-0.1, -0.05) is 19.6 Å². The lowest BCUT2D eigenvalue weighted by atomic mass is 10.6. The Balaban J connectivity index is 4.46. The van der Waals surface area contributed by atoms with Crippen molar-refractivity contribution in [1.82, 2.24) is 4.57 Å². The minimum atomic E-state index is -1.18. The van der Waals surface area contributed by atoms with Gasteiger partial charge in [-0.3, -0.25) is 4.99 Å². The Bertz CT molecular complexity index is 158. The highest BCUT2D eigenvalue weighted by molar-refractivity contribution is 6.75. The summed E-state index contributed by atoms with van der Waals surface area (Å²) in [5.41, 5.74) is 0. The van der Waals surface area contributed by atoms with Crippen LogP contribution in [0.1, 0.15) is 20.8 Å². The third-order valence-corrected chi connectivity index (χ3v) is 4.16. The van der Waals surface area contributed by atoms with Crippen LogP contribution in [0.5, 0.6) is 0 Å². The maximum atomic E-state index is 4.44. The van der Waals surface area contributed by atoms with Crippen LogP contribution in [0.15, 0.2) is 4.99 Å². The van der Waals surface area contributed by atoms with Crippen LogP contribution in [-0.4, -0.2) is 31.7 Å². The van der Waals surface area contributed by atoms with Crippen molar-refractivity contribution in [3.05, 3.63) is 0 Å². The molecule has 0 aromatic heterocycles. The van der Waals surface area contributed by atoms with Crippen molar-refractivity contribution in [2.75, 3.05) is 13.1 Å². The number of amidine groups is 1. The minimum absolute atomic E-state index is 0.896. The van der Waals surface area contributed by atoms with E-state index in [4.69, 9.17) is 0 Å². The standard InChI is InChI=1S/C9H22N2Si/c1-7-10-9(3)11(8-2)12(4,5)6/h7-8H2,1-6H3. The molecule has 72 valence electrons. The molecule has 2 nitrogen and oxygen atoms in total. The second-order valence-electron chi connectivity index (χ2n) is 3.94. The van der Waals surface area contributed by atoms with Gasteiger partial charge in [0.1, 0.15) is 8.24 Å². The molecule has 0 radical (unpaired) electrons. The number of rotatable bonds is 3. The second-order valence-corrected chi connectivity index (χ2v) is 8.82. The van der Waals surface area contributed by atoms with Gasteiger partial charge in [0.05, 0.1) is 5.84 Å². The molecule has 0 bridgehead atoms. The van der Waals surface area contributed by atoms with Crippen LogP contribution in [0.25, 0.3) is 0 Å². The Hall–Kier alpha value is -0.313. The Morgan fingerprint density at radius 3 is 2.00 bits per heavy atom. The predicted molar refractivity (Wildman–Crippen MR) is 59.4 cm³/mol. The number of hydrogen-bond acceptors (Lipinski definition) is 1. The van der Waals surface area contributed by atoms with Crippen LogP contribution in [-0.2, 0) is 0 Å². The van der Waals surface area contributed by atoms with Crippen LogP contribution in [0, 0.1) is 0 Å². The van der Waals surface area contributed by atoms with Gasteiger partial charge in [0.15, 0.2) is 0 Å². The smallest absolute Gasteiger partial charge is 0.148 e. The number of nitrogens with zero attached hydrogens (tertiary/aromatic N) is 2. The predicted octanol–water partition coefficient (Wildman–Crippen LogP) is 2.58. The molecule has 0 rings (SSSR count). The van der Waals surface area contributed by atoms with Crippen molar-refractivity contribution in [2.24, 2.45) is 4.99 Å². The number of hydrogen-bond donors (Lipinski definition) is 0. The SMILES string of the molecule is CCN=C(C)N(CC)[Si](C)(C)C. The van der Waals surface area contributed by atoms with Crippen LogP contribution in [0.4, 0.5) is 0 Å². The normalized spacial score (nSPS) is 13.3. The summed E-state index contributed by atoms with van der Waals surface area (Å²) >= 11 is 0. The minimum Gasteiger partial charge on any atom is -0.388 e. The highest BCUT2D eigenvalue weighted by Gasteiger charge is 2.22. The summed E-state index contributed by atoms with van der Waals surface area (Å²) in [5.74, 6) is 1.21. The van der Waals surface area contributed by atoms with E-state index in [-0.39, 0.29) is 0 Å². The number of aliphatic imine (C=N–C) groups is 1. The third kappa shape index (κ3) is 3.39. The molecule has 0 unspecified atom stereocenters. The van der Waals surface area contributed by atoms with E-state index >= 15 is 0 Å². The third-order valence-electron chi connectivity index (χ3n) is 1.90. The Labute approximate surface area is 77.8 Å². The first-order valence-electron chi connectivity index (χ1n) is 4.72. The lowest BCUT2D eigenvalue weighted by Gasteiger charge is -2.34. The first kappa shape index (κ1) is 11.7. The van der Waals surface area contributed by atoms with E-state index in [0.29, 0.717) is 0 Å². The van der Waals surface area contributed by atoms with Gasteiger partial charge in [-0.2, -0.15) is 0 Å². The second kappa shape index (κ2) is 4.65. The maximum absolute atomic E-state index is 4.44. The van der Waals surface area contributed by atoms with E-state index in [1.54, 1.807) is 0 Å².